The zero-order valence-corrected chi connectivity index (χ0v) is 13.5. The maximum Gasteiger partial charge on any atom is 0.250 e. The molecule has 0 radical (unpaired) electrons. The van der Waals surface area contributed by atoms with E-state index in [1.54, 1.807) is 17.4 Å². The Balaban J connectivity index is 1.62. The molecule has 6 nitrogen and oxygen atoms in total. The molecule has 0 aromatic carbocycles. The molecular formula is C15H17FN4O2S. The topological polar surface area (TPSA) is 60.4 Å². The molecule has 23 heavy (non-hydrogen) atoms. The van der Waals surface area contributed by atoms with E-state index in [-0.39, 0.29) is 24.1 Å². The predicted octanol–water partition coefficient (Wildman–Crippen LogP) is 2.20. The second-order valence-corrected chi connectivity index (χ2v) is 6.88. The molecule has 1 aliphatic heterocycles. The van der Waals surface area contributed by atoms with Crippen LogP contribution in [0.3, 0.4) is 0 Å². The highest BCUT2D eigenvalue weighted by Gasteiger charge is 2.45. The highest BCUT2D eigenvalue weighted by atomic mass is 32.1. The molecule has 2 aliphatic rings. The van der Waals surface area contributed by atoms with E-state index in [1.165, 1.54) is 12.3 Å². The van der Waals surface area contributed by atoms with Gasteiger partial charge in [0.2, 0.25) is 5.13 Å². The van der Waals surface area contributed by atoms with Crippen molar-refractivity contribution in [2.45, 2.75) is 38.0 Å². The van der Waals surface area contributed by atoms with Crippen molar-refractivity contribution >= 4 is 16.5 Å². The summed E-state index contributed by atoms with van der Waals surface area (Å²) in [4.78, 5) is 6.19. The van der Waals surface area contributed by atoms with Gasteiger partial charge in [-0.3, -0.25) is 0 Å². The molecule has 3 heterocycles. The fourth-order valence-corrected chi connectivity index (χ4v) is 4.04. The summed E-state index contributed by atoms with van der Waals surface area (Å²) in [7, 11) is 0. The van der Waals surface area contributed by atoms with Crippen LogP contribution in [0.15, 0.2) is 18.3 Å². The van der Waals surface area contributed by atoms with Crippen molar-refractivity contribution < 1.29 is 13.9 Å². The van der Waals surface area contributed by atoms with Crippen LogP contribution in [0.2, 0.25) is 0 Å². The molecule has 3 atom stereocenters. The Hall–Kier alpha value is -1.80. The Kier molecular flexibility index (Phi) is 3.86. The van der Waals surface area contributed by atoms with E-state index >= 15 is 0 Å². The fraction of sp³-hybridized carbons (Fsp3) is 0.533. The van der Waals surface area contributed by atoms with E-state index in [2.05, 4.69) is 20.1 Å². The van der Waals surface area contributed by atoms with Gasteiger partial charge in [0, 0.05) is 12.7 Å². The van der Waals surface area contributed by atoms with E-state index in [9.17, 15) is 4.39 Å². The van der Waals surface area contributed by atoms with Gasteiger partial charge in [-0.1, -0.05) is 11.3 Å². The molecule has 8 heteroatoms. The van der Waals surface area contributed by atoms with E-state index < -0.39 is 5.82 Å². The largest absolute Gasteiger partial charge is 0.467 e. The van der Waals surface area contributed by atoms with Gasteiger partial charge in [-0.2, -0.15) is 0 Å². The van der Waals surface area contributed by atoms with Crippen LogP contribution in [0.25, 0.3) is 0 Å². The summed E-state index contributed by atoms with van der Waals surface area (Å²) >= 11 is 1.56. The summed E-state index contributed by atoms with van der Waals surface area (Å²) in [5, 5.41) is 10.1. The monoisotopic (exact) mass is 336 g/mol. The number of hydrogen-bond acceptors (Lipinski definition) is 7. The molecule has 2 fully saturated rings. The number of ether oxygens (including phenoxy) is 2. The van der Waals surface area contributed by atoms with Gasteiger partial charge < -0.3 is 14.4 Å². The Morgan fingerprint density at radius 3 is 3.09 bits per heavy atom. The molecule has 1 saturated carbocycles. The van der Waals surface area contributed by atoms with Crippen LogP contribution >= 0.6 is 11.3 Å². The van der Waals surface area contributed by atoms with Crippen LogP contribution in [-0.4, -0.2) is 46.6 Å². The van der Waals surface area contributed by atoms with E-state index in [4.69, 9.17) is 9.47 Å². The minimum atomic E-state index is -0.450. The molecule has 2 bridgehead atoms. The molecular weight excluding hydrogens is 319 g/mol. The molecule has 2 aromatic rings. The first-order valence-electron chi connectivity index (χ1n) is 7.68. The van der Waals surface area contributed by atoms with Crippen molar-refractivity contribution in [2.24, 2.45) is 0 Å². The van der Waals surface area contributed by atoms with Crippen molar-refractivity contribution in [3.8, 4) is 5.88 Å². The second-order valence-electron chi connectivity index (χ2n) is 5.72. The van der Waals surface area contributed by atoms with Crippen LogP contribution < -0.4 is 9.64 Å². The first kappa shape index (κ1) is 14.8. The average Bonchev–Trinajstić information content (AvgIpc) is 3.06. The average molecular weight is 336 g/mol. The van der Waals surface area contributed by atoms with Crippen molar-refractivity contribution in [2.75, 3.05) is 18.1 Å². The lowest BCUT2D eigenvalue weighted by Crippen LogP contribution is -2.45. The molecule has 0 amide bonds. The second kappa shape index (κ2) is 6.01. The molecule has 1 aliphatic carbocycles. The highest BCUT2D eigenvalue weighted by Crippen LogP contribution is 2.36. The maximum absolute atomic E-state index is 13.9. The van der Waals surface area contributed by atoms with Crippen LogP contribution in [-0.2, 0) is 4.74 Å². The number of fused-ring (bicyclic) bond motifs is 2. The Labute approximate surface area is 137 Å². The third-order valence-corrected chi connectivity index (χ3v) is 5.17. The van der Waals surface area contributed by atoms with Gasteiger partial charge in [-0.05, 0) is 31.9 Å². The van der Waals surface area contributed by atoms with Crippen LogP contribution in [0.1, 0.15) is 17.8 Å². The van der Waals surface area contributed by atoms with E-state index in [0.29, 0.717) is 6.61 Å². The lowest BCUT2D eigenvalue weighted by molar-refractivity contribution is 0.00103. The smallest absolute Gasteiger partial charge is 0.250 e. The number of pyridine rings is 1. The third-order valence-electron chi connectivity index (χ3n) is 4.29. The number of nitrogens with zero attached hydrogens (tertiary/aromatic N) is 4. The van der Waals surface area contributed by atoms with Gasteiger partial charge in [0.15, 0.2) is 5.82 Å². The Morgan fingerprint density at radius 2 is 2.30 bits per heavy atom. The Bertz CT molecular complexity index is 698. The SMILES string of the molecule is Cc1nnc(N2CCO[C@H]3CC[C@H]2[C@H]3Oc2ncccc2F)s1. The molecule has 2 aromatic heterocycles. The van der Waals surface area contributed by atoms with Gasteiger partial charge in [-0.15, -0.1) is 10.2 Å². The van der Waals surface area contributed by atoms with Crippen molar-refractivity contribution in [1.82, 2.24) is 15.2 Å². The van der Waals surface area contributed by atoms with Gasteiger partial charge in [0.25, 0.3) is 5.88 Å². The van der Waals surface area contributed by atoms with Gasteiger partial charge >= 0.3 is 0 Å². The summed E-state index contributed by atoms with van der Waals surface area (Å²) in [5.41, 5.74) is 0. The predicted molar refractivity (Wildman–Crippen MR) is 83.4 cm³/mol. The van der Waals surface area contributed by atoms with Crippen molar-refractivity contribution in [3.05, 3.63) is 29.2 Å². The highest BCUT2D eigenvalue weighted by molar-refractivity contribution is 7.15. The first-order valence-corrected chi connectivity index (χ1v) is 8.49. The summed E-state index contributed by atoms with van der Waals surface area (Å²) in [6.07, 6.45) is 3.04. The summed E-state index contributed by atoms with van der Waals surface area (Å²) < 4.78 is 25.7. The number of halogens is 1. The van der Waals surface area contributed by atoms with E-state index in [1.807, 2.05) is 6.92 Å². The quantitative estimate of drug-likeness (QED) is 0.856. The van der Waals surface area contributed by atoms with Gasteiger partial charge in [0.05, 0.1) is 18.8 Å². The molecule has 1 saturated heterocycles. The number of rotatable bonds is 3. The molecule has 0 spiro atoms. The minimum absolute atomic E-state index is 0.0355. The zero-order valence-electron chi connectivity index (χ0n) is 12.7. The summed E-state index contributed by atoms with van der Waals surface area (Å²) in [5.74, 6) is -0.414. The molecule has 4 rings (SSSR count). The third kappa shape index (κ3) is 2.76. The Morgan fingerprint density at radius 1 is 1.39 bits per heavy atom. The van der Waals surface area contributed by atoms with Gasteiger partial charge in [-0.25, -0.2) is 9.37 Å². The number of anilines is 1. The fourth-order valence-electron chi connectivity index (χ4n) is 3.27. The first-order chi connectivity index (χ1) is 11.2. The molecule has 0 N–H and O–H groups in total. The normalized spacial score (nSPS) is 27.0. The van der Waals surface area contributed by atoms with Gasteiger partial charge in [0.1, 0.15) is 11.1 Å². The van der Waals surface area contributed by atoms with Crippen LogP contribution in [0.4, 0.5) is 9.52 Å². The van der Waals surface area contributed by atoms with Crippen molar-refractivity contribution in [3.63, 3.8) is 0 Å². The molecule has 0 unspecified atom stereocenters. The van der Waals surface area contributed by atoms with Crippen molar-refractivity contribution in [1.29, 1.82) is 0 Å². The number of hydrogen-bond donors (Lipinski definition) is 0. The lowest BCUT2D eigenvalue weighted by Gasteiger charge is -2.30. The van der Waals surface area contributed by atoms with E-state index in [0.717, 1.165) is 29.5 Å². The number of aromatic nitrogens is 3. The number of aryl methyl sites for hydroxylation is 1. The maximum atomic E-state index is 13.9. The lowest BCUT2D eigenvalue weighted by atomic mass is 10.2. The summed E-state index contributed by atoms with van der Waals surface area (Å²) in [6, 6.07) is 3.00. The minimum Gasteiger partial charge on any atom is -0.467 e. The molecule has 122 valence electrons. The zero-order chi connectivity index (χ0) is 15.8. The standard InChI is InChI=1S/C15H17FN4O2S/c1-9-18-19-15(23-9)20-7-8-21-12-5-4-11(20)13(12)22-14-10(16)3-2-6-17-14/h2-3,6,11-13H,4-5,7-8H2,1H3/t11-,12-,13+/m0/s1. The van der Waals surface area contributed by atoms with Crippen LogP contribution in [0.5, 0.6) is 5.88 Å². The summed E-state index contributed by atoms with van der Waals surface area (Å²) in [6.45, 7) is 3.27. The van der Waals surface area contributed by atoms with Crippen LogP contribution in [0, 0.1) is 12.7 Å².